The summed E-state index contributed by atoms with van der Waals surface area (Å²) < 4.78 is 5.03. The summed E-state index contributed by atoms with van der Waals surface area (Å²) in [6, 6.07) is 9.65. The van der Waals surface area contributed by atoms with Gasteiger partial charge in [0.25, 0.3) is 5.91 Å². The van der Waals surface area contributed by atoms with Crippen LogP contribution in [0.3, 0.4) is 0 Å². The Hall–Kier alpha value is -2.67. The Morgan fingerprint density at radius 2 is 1.79 bits per heavy atom. The molecule has 24 heavy (non-hydrogen) atoms. The summed E-state index contributed by atoms with van der Waals surface area (Å²) in [5, 5.41) is 6.54. The van der Waals surface area contributed by atoms with Gasteiger partial charge in [-0.05, 0) is 23.9 Å². The van der Waals surface area contributed by atoms with Crippen LogP contribution in [0.1, 0.15) is 15.2 Å². The molecule has 0 spiro atoms. The quantitative estimate of drug-likeness (QED) is 0.781. The summed E-state index contributed by atoms with van der Waals surface area (Å²) in [7, 11) is 1.47. The molecular formula is C17H18N2O4S. The molecule has 6 nitrogen and oxygen atoms in total. The van der Waals surface area contributed by atoms with Crippen LogP contribution >= 0.6 is 11.3 Å². The first kappa shape index (κ1) is 17.7. The zero-order chi connectivity index (χ0) is 17.5. The first-order valence-corrected chi connectivity index (χ1v) is 8.18. The minimum Gasteiger partial charge on any atom is -0.451 e. The van der Waals surface area contributed by atoms with Gasteiger partial charge in [0.2, 0.25) is 5.91 Å². The lowest BCUT2D eigenvalue weighted by atomic mass is 10.1. The highest BCUT2D eigenvalue weighted by molar-refractivity contribution is 7.12. The molecule has 0 bridgehead atoms. The van der Waals surface area contributed by atoms with Crippen molar-refractivity contribution in [3.63, 3.8) is 0 Å². The predicted octanol–water partition coefficient (Wildman–Crippen LogP) is 1.74. The molecule has 2 rings (SSSR count). The van der Waals surface area contributed by atoms with Crippen LogP contribution in [0.5, 0.6) is 0 Å². The molecular weight excluding hydrogens is 328 g/mol. The average Bonchev–Trinajstić information content (AvgIpc) is 3.07. The van der Waals surface area contributed by atoms with E-state index in [9.17, 15) is 14.4 Å². The molecule has 2 aromatic rings. The minimum atomic E-state index is -0.560. The highest BCUT2D eigenvalue weighted by Crippen LogP contribution is 2.29. The second-order valence-electron chi connectivity index (χ2n) is 5.06. The Balaban J connectivity index is 1.96. The summed E-state index contributed by atoms with van der Waals surface area (Å²) in [6.45, 7) is 1.41. The van der Waals surface area contributed by atoms with Gasteiger partial charge in [-0.2, -0.15) is 0 Å². The number of carbonyl (C=O) groups excluding carboxylic acids is 3. The number of rotatable bonds is 6. The van der Waals surface area contributed by atoms with E-state index in [0.717, 1.165) is 16.7 Å². The molecule has 1 aromatic heterocycles. The van der Waals surface area contributed by atoms with Crippen LogP contribution in [0.15, 0.2) is 35.7 Å². The number of thiophene rings is 1. The lowest BCUT2D eigenvalue weighted by Gasteiger charge is -2.07. The second kappa shape index (κ2) is 8.26. The lowest BCUT2D eigenvalue weighted by Crippen LogP contribution is -2.37. The zero-order valence-electron chi connectivity index (χ0n) is 13.4. The number of hydrogen-bond donors (Lipinski definition) is 2. The van der Waals surface area contributed by atoms with Gasteiger partial charge in [-0.1, -0.05) is 29.8 Å². The van der Waals surface area contributed by atoms with E-state index in [2.05, 4.69) is 10.6 Å². The number of ether oxygens (including phenoxy) is 1. The number of aryl methyl sites for hydroxylation is 1. The number of likely N-dealkylation sites (N-methyl/N-ethyl adjacent to an activating group) is 1. The van der Waals surface area contributed by atoms with Gasteiger partial charge in [-0.3, -0.25) is 9.59 Å². The maximum atomic E-state index is 12.2. The zero-order valence-corrected chi connectivity index (χ0v) is 14.2. The van der Waals surface area contributed by atoms with Crippen molar-refractivity contribution < 1.29 is 19.1 Å². The lowest BCUT2D eigenvalue weighted by molar-refractivity contribution is -0.127. The molecule has 1 aromatic carbocycles. The van der Waals surface area contributed by atoms with Crippen molar-refractivity contribution >= 4 is 29.1 Å². The van der Waals surface area contributed by atoms with Gasteiger partial charge in [0, 0.05) is 12.6 Å². The molecule has 2 amide bonds. The topological polar surface area (TPSA) is 84.5 Å². The minimum absolute atomic E-state index is 0.152. The summed E-state index contributed by atoms with van der Waals surface area (Å²) in [6.07, 6.45) is 0. The van der Waals surface area contributed by atoms with Crippen LogP contribution in [0, 0.1) is 6.92 Å². The van der Waals surface area contributed by atoms with Gasteiger partial charge in [-0.15, -0.1) is 11.3 Å². The normalized spacial score (nSPS) is 10.1. The van der Waals surface area contributed by atoms with E-state index in [4.69, 9.17) is 4.74 Å². The molecule has 7 heteroatoms. The van der Waals surface area contributed by atoms with Gasteiger partial charge in [0.05, 0.1) is 6.54 Å². The number of carbonyl (C=O) groups is 3. The van der Waals surface area contributed by atoms with Crippen molar-refractivity contribution in [2.24, 2.45) is 0 Å². The Kier molecular flexibility index (Phi) is 6.08. The monoisotopic (exact) mass is 346 g/mol. The maximum absolute atomic E-state index is 12.2. The first-order chi connectivity index (χ1) is 11.5. The fraction of sp³-hybridized carbons (Fsp3) is 0.235. The molecule has 1 heterocycles. The van der Waals surface area contributed by atoms with Crippen molar-refractivity contribution in [1.29, 1.82) is 0 Å². The number of hydrogen-bond acceptors (Lipinski definition) is 5. The molecule has 0 fully saturated rings. The molecule has 0 saturated heterocycles. The van der Waals surface area contributed by atoms with Crippen molar-refractivity contribution in [3.8, 4) is 11.1 Å². The third kappa shape index (κ3) is 4.66. The summed E-state index contributed by atoms with van der Waals surface area (Å²) in [5.41, 5.74) is 2.82. The Morgan fingerprint density at radius 3 is 2.46 bits per heavy atom. The average molecular weight is 346 g/mol. The van der Waals surface area contributed by atoms with Gasteiger partial charge >= 0.3 is 5.97 Å². The Labute approximate surface area is 143 Å². The number of esters is 1. The molecule has 0 atom stereocenters. The number of benzene rings is 1. The Bertz CT molecular complexity index is 737. The number of amides is 2. The number of nitrogens with one attached hydrogen (secondary N) is 2. The van der Waals surface area contributed by atoms with Crippen molar-refractivity contribution in [3.05, 3.63) is 46.2 Å². The highest BCUT2D eigenvalue weighted by atomic mass is 32.1. The third-order valence-electron chi connectivity index (χ3n) is 3.27. The summed E-state index contributed by atoms with van der Waals surface area (Å²) in [4.78, 5) is 35.2. The third-order valence-corrected chi connectivity index (χ3v) is 4.17. The van der Waals surface area contributed by atoms with Crippen LogP contribution in [0.4, 0.5) is 0 Å². The van der Waals surface area contributed by atoms with Gasteiger partial charge in [0.1, 0.15) is 4.88 Å². The molecule has 0 radical (unpaired) electrons. The van der Waals surface area contributed by atoms with Crippen molar-refractivity contribution in [2.75, 3.05) is 20.2 Å². The van der Waals surface area contributed by atoms with E-state index in [1.807, 2.05) is 37.3 Å². The SMILES string of the molecule is CNC(=O)CNC(=O)COC(=O)c1sccc1-c1ccc(C)cc1. The van der Waals surface area contributed by atoms with Crippen LogP contribution in [-0.2, 0) is 14.3 Å². The molecule has 126 valence electrons. The van der Waals surface area contributed by atoms with Crippen LogP contribution in [-0.4, -0.2) is 38.0 Å². The largest absolute Gasteiger partial charge is 0.451 e. The highest BCUT2D eigenvalue weighted by Gasteiger charge is 2.17. The van der Waals surface area contributed by atoms with Crippen LogP contribution < -0.4 is 10.6 Å². The van der Waals surface area contributed by atoms with Crippen molar-refractivity contribution in [1.82, 2.24) is 10.6 Å². The predicted molar refractivity (Wildman–Crippen MR) is 91.9 cm³/mol. The summed E-state index contributed by atoms with van der Waals surface area (Å²) >= 11 is 1.26. The standard InChI is InChI=1S/C17H18N2O4S/c1-11-3-5-12(6-4-11)13-7-8-24-16(13)17(22)23-10-15(21)19-9-14(20)18-2/h3-8H,9-10H2,1-2H3,(H,18,20)(H,19,21). The summed E-state index contributed by atoms with van der Waals surface area (Å²) in [5.74, 6) is -1.41. The van der Waals surface area contributed by atoms with E-state index < -0.39 is 18.5 Å². The van der Waals surface area contributed by atoms with Gasteiger partial charge in [-0.25, -0.2) is 4.79 Å². The molecule has 0 unspecified atom stereocenters. The second-order valence-corrected chi connectivity index (χ2v) is 5.97. The van der Waals surface area contributed by atoms with Gasteiger partial charge < -0.3 is 15.4 Å². The van der Waals surface area contributed by atoms with E-state index in [1.165, 1.54) is 18.4 Å². The van der Waals surface area contributed by atoms with E-state index >= 15 is 0 Å². The van der Waals surface area contributed by atoms with Crippen LogP contribution in [0.2, 0.25) is 0 Å². The molecule has 0 aliphatic rings. The molecule has 0 aliphatic heterocycles. The molecule has 0 saturated carbocycles. The van der Waals surface area contributed by atoms with Crippen LogP contribution in [0.25, 0.3) is 11.1 Å². The van der Waals surface area contributed by atoms with E-state index in [1.54, 1.807) is 5.38 Å². The maximum Gasteiger partial charge on any atom is 0.349 e. The fourth-order valence-electron chi connectivity index (χ4n) is 1.94. The molecule has 2 N–H and O–H groups in total. The van der Waals surface area contributed by atoms with E-state index in [0.29, 0.717) is 4.88 Å². The van der Waals surface area contributed by atoms with Crippen molar-refractivity contribution in [2.45, 2.75) is 6.92 Å². The van der Waals surface area contributed by atoms with Gasteiger partial charge in [0.15, 0.2) is 6.61 Å². The van der Waals surface area contributed by atoms with E-state index in [-0.39, 0.29) is 12.5 Å². The smallest absolute Gasteiger partial charge is 0.349 e. The molecule has 0 aliphatic carbocycles. The first-order valence-electron chi connectivity index (χ1n) is 7.30. The fourth-order valence-corrected chi connectivity index (χ4v) is 2.75. The Morgan fingerprint density at radius 1 is 1.08 bits per heavy atom.